The van der Waals surface area contributed by atoms with Gasteiger partial charge in [0.05, 0.1) is 17.9 Å². The summed E-state index contributed by atoms with van der Waals surface area (Å²) in [4.78, 5) is 22.6. The summed E-state index contributed by atoms with van der Waals surface area (Å²) in [6.07, 6.45) is 8.20. The van der Waals surface area contributed by atoms with Crippen molar-refractivity contribution in [1.29, 1.82) is 0 Å². The molecular formula is C11H15N5O2. The van der Waals surface area contributed by atoms with Gasteiger partial charge in [-0.25, -0.2) is 0 Å². The summed E-state index contributed by atoms with van der Waals surface area (Å²) in [6.45, 7) is 0.0861. The molecule has 0 fully saturated rings. The Hall–Kier alpha value is -2.33. The molecule has 1 unspecified atom stereocenters. The minimum absolute atomic E-state index is 0.0861. The van der Waals surface area contributed by atoms with Crippen LogP contribution in [0.15, 0.2) is 12.4 Å². The van der Waals surface area contributed by atoms with Crippen LogP contribution in [0.2, 0.25) is 0 Å². The molecule has 0 radical (unpaired) electrons. The number of hydrogen-bond acceptors (Lipinski definition) is 4. The number of likely N-dealkylation sites (N-methyl/N-ethyl adjacent to an activating group) is 1. The number of amides is 2. The Labute approximate surface area is 105 Å². The number of nitrogens with zero attached hydrogens (tertiary/aromatic N) is 2. The van der Waals surface area contributed by atoms with Gasteiger partial charge in [0.2, 0.25) is 11.8 Å². The van der Waals surface area contributed by atoms with Gasteiger partial charge in [-0.1, -0.05) is 0 Å². The normalized spacial score (nSPS) is 11.4. The first-order chi connectivity index (χ1) is 8.56. The maximum Gasteiger partial charge on any atom is 0.242 e. The van der Waals surface area contributed by atoms with Gasteiger partial charge in [0.1, 0.15) is 6.54 Å². The highest BCUT2D eigenvalue weighted by atomic mass is 16.2. The van der Waals surface area contributed by atoms with Gasteiger partial charge in [-0.2, -0.15) is 5.10 Å². The monoisotopic (exact) mass is 249 g/mol. The molecule has 0 bridgehead atoms. The fraction of sp³-hybridized carbons (Fsp3) is 0.364. The van der Waals surface area contributed by atoms with Crippen LogP contribution in [0.4, 0.5) is 5.69 Å². The zero-order valence-electron chi connectivity index (χ0n) is 10.0. The molecule has 1 aromatic heterocycles. The van der Waals surface area contributed by atoms with Crippen LogP contribution in [0.1, 0.15) is 6.42 Å². The molecule has 18 heavy (non-hydrogen) atoms. The van der Waals surface area contributed by atoms with Crippen LogP contribution in [0.25, 0.3) is 0 Å². The quantitative estimate of drug-likeness (QED) is 0.577. The number of terminal acetylenes is 1. The van der Waals surface area contributed by atoms with E-state index in [0.717, 1.165) is 0 Å². The van der Waals surface area contributed by atoms with Crippen LogP contribution < -0.4 is 16.4 Å². The summed E-state index contributed by atoms with van der Waals surface area (Å²) >= 11 is 0. The van der Waals surface area contributed by atoms with Gasteiger partial charge in [0.25, 0.3) is 0 Å². The number of hydrogen-bond donors (Lipinski definition) is 3. The van der Waals surface area contributed by atoms with E-state index in [2.05, 4.69) is 21.7 Å². The first-order valence-corrected chi connectivity index (χ1v) is 5.29. The first-order valence-electron chi connectivity index (χ1n) is 5.29. The second-order valence-electron chi connectivity index (χ2n) is 3.60. The third-order valence-electron chi connectivity index (χ3n) is 2.16. The van der Waals surface area contributed by atoms with Crippen LogP contribution in [0.3, 0.4) is 0 Å². The van der Waals surface area contributed by atoms with Gasteiger partial charge in [-0.15, -0.1) is 12.3 Å². The predicted octanol–water partition coefficient (Wildman–Crippen LogP) is -1.08. The lowest BCUT2D eigenvalue weighted by molar-refractivity contribution is -0.121. The lowest BCUT2D eigenvalue weighted by Crippen LogP contribution is -2.35. The van der Waals surface area contributed by atoms with Gasteiger partial charge in [0, 0.05) is 19.7 Å². The van der Waals surface area contributed by atoms with Crippen molar-refractivity contribution in [3.63, 3.8) is 0 Å². The van der Waals surface area contributed by atoms with Crippen molar-refractivity contribution in [3.05, 3.63) is 12.4 Å². The molecule has 2 amide bonds. The fourth-order valence-corrected chi connectivity index (χ4v) is 1.20. The molecule has 0 saturated heterocycles. The van der Waals surface area contributed by atoms with Crippen LogP contribution in [-0.2, 0) is 16.1 Å². The Morgan fingerprint density at radius 2 is 2.39 bits per heavy atom. The van der Waals surface area contributed by atoms with E-state index in [0.29, 0.717) is 5.69 Å². The summed E-state index contributed by atoms with van der Waals surface area (Å²) < 4.78 is 1.40. The lowest BCUT2D eigenvalue weighted by Gasteiger charge is -2.07. The molecule has 0 spiro atoms. The fourth-order valence-electron chi connectivity index (χ4n) is 1.20. The average Bonchev–Trinajstić information content (AvgIpc) is 2.76. The van der Waals surface area contributed by atoms with E-state index in [4.69, 9.17) is 12.2 Å². The highest BCUT2D eigenvalue weighted by molar-refractivity contribution is 5.94. The third-order valence-corrected chi connectivity index (χ3v) is 2.16. The van der Waals surface area contributed by atoms with E-state index in [1.807, 2.05) is 0 Å². The van der Waals surface area contributed by atoms with Crippen LogP contribution in [0.5, 0.6) is 0 Å². The van der Waals surface area contributed by atoms with Crippen molar-refractivity contribution < 1.29 is 9.59 Å². The molecular weight excluding hydrogens is 234 g/mol. The van der Waals surface area contributed by atoms with E-state index in [1.165, 1.54) is 24.1 Å². The van der Waals surface area contributed by atoms with E-state index in [9.17, 15) is 9.59 Å². The molecule has 0 aliphatic carbocycles. The maximum absolute atomic E-state index is 11.5. The summed E-state index contributed by atoms with van der Waals surface area (Å²) in [6, 6.07) is -0.753. The molecule has 96 valence electrons. The first kappa shape index (κ1) is 13.7. The van der Waals surface area contributed by atoms with E-state index >= 15 is 0 Å². The minimum atomic E-state index is -0.753. The molecule has 0 saturated carbocycles. The third kappa shape index (κ3) is 3.92. The van der Waals surface area contributed by atoms with E-state index in [-0.39, 0.29) is 24.8 Å². The van der Waals surface area contributed by atoms with Crippen molar-refractivity contribution in [2.45, 2.75) is 19.0 Å². The molecule has 7 heteroatoms. The van der Waals surface area contributed by atoms with Crippen LogP contribution in [-0.4, -0.2) is 34.7 Å². The minimum Gasteiger partial charge on any atom is -0.358 e. The van der Waals surface area contributed by atoms with Crippen molar-refractivity contribution in [1.82, 2.24) is 15.1 Å². The van der Waals surface area contributed by atoms with Crippen LogP contribution >= 0.6 is 0 Å². The molecule has 0 aromatic carbocycles. The second-order valence-corrected chi connectivity index (χ2v) is 3.60. The summed E-state index contributed by atoms with van der Waals surface area (Å²) in [7, 11) is 1.54. The van der Waals surface area contributed by atoms with Gasteiger partial charge in [-0.3, -0.25) is 14.3 Å². The zero-order valence-corrected chi connectivity index (χ0v) is 10.0. The predicted molar refractivity (Wildman–Crippen MR) is 66.3 cm³/mol. The summed E-state index contributed by atoms with van der Waals surface area (Å²) in [5.74, 6) is 1.75. The zero-order chi connectivity index (χ0) is 13.5. The number of anilines is 1. The standard InChI is InChI=1S/C11H15N5O2/c1-3-4-9(12)11(18)15-8-5-14-16(6-8)7-10(17)13-2/h1,5-6,9H,4,7,12H2,2H3,(H,13,17)(H,15,18). The van der Waals surface area contributed by atoms with Crippen molar-refractivity contribution in [3.8, 4) is 12.3 Å². The Kier molecular flexibility index (Phi) is 4.90. The highest BCUT2D eigenvalue weighted by Crippen LogP contribution is 2.05. The molecule has 1 aromatic rings. The summed E-state index contributed by atoms with van der Waals surface area (Å²) in [5, 5.41) is 8.96. The lowest BCUT2D eigenvalue weighted by atomic mass is 10.2. The SMILES string of the molecule is C#CCC(N)C(=O)Nc1cnn(CC(=O)NC)c1. The Morgan fingerprint density at radius 1 is 1.67 bits per heavy atom. The average molecular weight is 249 g/mol. The van der Waals surface area contributed by atoms with Crippen LogP contribution in [0, 0.1) is 12.3 Å². The number of aromatic nitrogens is 2. The largest absolute Gasteiger partial charge is 0.358 e. The molecule has 0 aliphatic heterocycles. The van der Waals surface area contributed by atoms with Crippen molar-refractivity contribution in [2.75, 3.05) is 12.4 Å². The Balaban J connectivity index is 2.56. The second kappa shape index (κ2) is 6.42. The Bertz CT molecular complexity index is 474. The topological polar surface area (TPSA) is 102 Å². The van der Waals surface area contributed by atoms with Gasteiger partial charge in [0.15, 0.2) is 0 Å². The summed E-state index contributed by atoms with van der Waals surface area (Å²) in [5.41, 5.74) is 6.01. The number of rotatable bonds is 5. The van der Waals surface area contributed by atoms with Gasteiger partial charge < -0.3 is 16.4 Å². The highest BCUT2D eigenvalue weighted by Gasteiger charge is 2.13. The molecule has 7 nitrogen and oxygen atoms in total. The van der Waals surface area contributed by atoms with E-state index in [1.54, 1.807) is 0 Å². The maximum atomic E-state index is 11.5. The van der Waals surface area contributed by atoms with Gasteiger partial charge >= 0.3 is 0 Å². The molecule has 1 rings (SSSR count). The van der Waals surface area contributed by atoms with E-state index < -0.39 is 6.04 Å². The molecule has 0 aliphatic rings. The number of nitrogens with two attached hydrogens (primary N) is 1. The van der Waals surface area contributed by atoms with Gasteiger partial charge in [-0.05, 0) is 0 Å². The van der Waals surface area contributed by atoms with Crippen molar-refractivity contribution >= 4 is 17.5 Å². The smallest absolute Gasteiger partial charge is 0.242 e. The molecule has 4 N–H and O–H groups in total. The number of carbonyl (C=O) groups excluding carboxylic acids is 2. The molecule has 1 heterocycles. The number of carbonyl (C=O) groups is 2. The molecule has 1 atom stereocenters. The Morgan fingerprint density at radius 3 is 3.00 bits per heavy atom. The number of nitrogens with one attached hydrogen (secondary N) is 2. The van der Waals surface area contributed by atoms with Crippen molar-refractivity contribution in [2.24, 2.45) is 5.73 Å².